The third-order valence-electron chi connectivity index (χ3n) is 4.19. The number of nitrogens with one attached hydrogen (secondary N) is 1. The molecule has 0 unspecified atom stereocenters. The smallest absolute Gasteiger partial charge is 0.332 e. The van der Waals surface area contributed by atoms with Crippen LogP contribution in [0.15, 0.2) is 42.5 Å². The number of ether oxygens (including phenoxy) is 4. The molecule has 0 aliphatic carbocycles. The number of carbonyl (C=O) groups excluding carboxylic acids is 1. The summed E-state index contributed by atoms with van der Waals surface area (Å²) in [6, 6.07) is 12.1. The van der Waals surface area contributed by atoms with Crippen molar-refractivity contribution in [1.82, 2.24) is 5.32 Å². The van der Waals surface area contributed by atoms with Gasteiger partial charge < -0.3 is 24.3 Å². The molecule has 1 N–H and O–H groups in total. The van der Waals surface area contributed by atoms with Gasteiger partial charge in [-0.3, -0.25) is 0 Å². The molecule has 0 aromatic heterocycles. The van der Waals surface area contributed by atoms with Gasteiger partial charge in [-0.2, -0.15) is 0 Å². The zero-order valence-corrected chi connectivity index (χ0v) is 17.0. The molecule has 8 heteroatoms. The molecule has 2 atom stereocenters. The quantitative estimate of drug-likeness (QED) is 0.538. The maximum atomic E-state index is 12.1. The van der Waals surface area contributed by atoms with Gasteiger partial charge in [0.1, 0.15) is 18.1 Å². The summed E-state index contributed by atoms with van der Waals surface area (Å²) >= 11 is 11.4. The summed E-state index contributed by atoms with van der Waals surface area (Å²) in [5.74, 6) is 0.885. The highest BCUT2D eigenvalue weighted by Gasteiger charge is 2.39. The first kappa shape index (κ1) is 20.2. The van der Waals surface area contributed by atoms with Crippen molar-refractivity contribution in [2.75, 3.05) is 13.7 Å². The Bertz CT molecular complexity index is 858. The van der Waals surface area contributed by atoms with E-state index in [0.717, 1.165) is 11.3 Å². The number of halogens is 1. The van der Waals surface area contributed by atoms with E-state index in [0.29, 0.717) is 22.9 Å². The Morgan fingerprint density at radius 2 is 2.00 bits per heavy atom. The van der Waals surface area contributed by atoms with E-state index in [1.165, 1.54) is 0 Å². The Hall–Kier alpha value is -2.51. The Morgan fingerprint density at radius 1 is 1.25 bits per heavy atom. The van der Waals surface area contributed by atoms with Crippen LogP contribution in [0.1, 0.15) is 24.2 Å². The molecule has 28 heavy (non-hydrogen) atoms. The number of hydrogen-bond acceptors (Lipinski definition) is 6. The Labute approximate surface area is 173 Å². The first-order chi connectivity index (χ1) is 13.5. The summed E-state index contributed by atoms with van der Waals surface area (Å²) in [5.41, 5.74) is 1.68. The highest BCUT2D eigenvalue weighted by molar-refractivity contribution is 7.80. The van der Waals surface area contributed by atoms with Crippen LogP contribution in [-0.4, -0.2) is 30.9 Å². The zero-order valence-electron chi connectivity index (χ0n) is 15.4. The van der Waals surface area contributed by atoms with Crippen molar-refractivity contribution < 1.29 is 23.7 Å². The van der Waals surface area contributed by atoms with Crippen LogP contribution in [0.5, 0.6) is 11.5 Å². The standard InChI is InChI=1S/C20H20ClNO5S/c1-3-25-19(23)17-18(27-20(28)22-17)13-6-9-16(15(21)10-13)26-11-12-4-7-14(24-2)8-5-12/h4-10,17-18H,3,11H2,1-2H3,(H,22,28)/t17-,18+/m0/s1. The summed E-state index contributed by atoms with van der Waals surface area (Å²) < 4.78 is 21.6. The lowest BCUT2D eigenvalue weighted by Crippen LogP contribution is -2.37. The number of rotatable bonds is 7. The molecule has 1 fully saturated rings. The maximum Gasteiger partial charge on any atom is 0.332 e. The number of benzene rings is 2. The molecule has 2 aromatic carbocycles. The molecule has 6 nitrogen and oxygen atoms in total. The maximum absolute atomic E-state index is 12.1. The molecule has 148 valence electrons. The molecule has 0 saturated carbocycles. The predicted octanol–water partition coefficient (Wildman–Crippen LogP) is 3.81. The van der Waals surface area contributed by atoms with E-state index in [-0.39, 0.29) is 11.8 Å². The van der Waals surface area contributed by atoms with Crippen LogP contribution in [0.2, 0.25) is 5.02 Å². The second-order valence-electron chi connectivity index (χ2n) is 6.03. The van der Waals surface area contributed by atoms with Crippen molar-refractivity contribution in [3.8, 4) is 11.5 Å². The summed E-state index contributed by atoms with van der Waals surface area (Å²) in [6.45, 7) is 2.38. The number of methoxy groups -OCH3 is 1. The molecule has 0 amide bonds. The van der Waals surface area contributed by atoms with E-state index >= 15 is 0 Å². The number of hydrogen-bond donors (Lipinski definition) is 1. The van der Waals surface area contributed by atoms with Crippen LogP contribution in [0.4, 0.5) is 0 Å². The molecule has 3 rings (SSSR count). The topological polar surface area (TPSA) is 66.0 Å². The fourth-order valence-electron chi connectivity index (χ4n) is 2.79. The molecule has 1 heterocycles. The normalized spacial score (nSPS) is 18.2. The fourth-order valence-corrected chi connectivity index (χ4v) is 3.26. The molecule has 1 aliphatic rings. The van der Waals surface area contributed by atoms with Crippen molar-refractivity contribution >= 4 is 35.0 Å². The largest absolute Gasteiger partial charge is 0.497 e. The minimum atomic E-state index is -0.713. The molecule has 0 bridgehead atoms. The Morgan fingerprint density at radius 3 is 2.64 bits per heavy atom. The highest BCUT2D eigenvalue weighted by atomic mass is 35.5. The van der Waals surface area contributed by atoms with Crippen molar-refractivity contribution in [1.29, 1.82) is 0 Å². The van der Waals surface area contributed by atoms with Crippen LogP contribution in [0.3, 0.4) is 0 Å². The van der Waals surface area contributed by atoms with E-state index < -0.39 is 18.1 Å². The van der Waals surface area contributed by atoms with Gasteiger partial charge in [0.15, 0.2) is 12.1 Å². The lowest BCUT2D eigenvalue weighted by molar-refractivity contribution is -0.146. The predicted molar refractivity (Wildman–Crippen MR) is 109 cm³/mol. The minimum Gasteiger partial charge on any atom is -0.497 e. The first-order valence-corrected chi connectivity index (χ1v) is 9.49. The number of esters is 1. The molecule has 0 spiro atoms. The van der Waals surface area contributed by atoms with E-state index in [9.17, 15) is 4.79 Å². The van der Waals surface area contributed by atoms with Crippen molar-refractivity contribution in [3.05, 3.63) is 58.6 Å². The monoisotopic (exact) mass is 421 g/mol. The second kappa shape index (κ2) is 9.12. The number of carbonyl (C=O) groups is 1. The van der Waals surface area contributed by atoms with Gasteiger partial charge in [0.05, 0.1) is 18.7 Å². The summed E-state index contributed by atoms with van der Waals surface area (Å²) in [4.78, 5) is 12.1. The highest BCUT2D eigenvalue weighted by Crippen LogP contribution is 2.33. The second-order valence-corrected chi connectivity index (χ2v) is 6.80. The Kier molecular flexibility index (Phi) is 6.59. The average molecular weight is 422 g/mol. The van der Waals surface area contributed by atoms with E-state index in [2.05, 4.69) is 5.32 Å². The van der Waals surface area contributed by atoms with Crippen LogP contribution in [-0.2, 0) is 20.9 Å². The Balaban J connectivity index is 1.70. The lowest BCUT2D eigenvalue weighted by Gasteiger charge is -2.17. The van der Waals surface area contributed by atoms with Gasteiger partial charge >= 0.3 is 5.97 Å². The van der Waals surface area contributed by atoms with Crippen molar-refractivity contribution in [2.45, 2.75) is 25.7 Å². The fraction of sp³-hybridized carbons (Fsp3) is 0.300. The van der Waals surface area contributed by atoms with Crippen LogP contribution >= 0.6 is 23.8 Å². The third-order valence-corrected chi connectivity index (χ3v) is 4.70. The van der Waals surface area contributed by atoms with Gasteiger partial charge in [-0.1, -0.05) is 29.8 Å². The molecule has 0 radical (unpaired) electrons. The van der Waals surface area contributed by atoms with Gasteiger partial charge in [-0.25, -0.2) is 4.79 Å². The molecule has 1 saturated heterocycles. The van der Waals surface area contributed by atoms with Crippen molar-refractivity contribution in [3.63, 3.8) is 0 Å². The molecular formula is C20H20ClNO5S. The minimum absolute atomic E-state index is 0.152. The van der Waals surface area contributed by atoms with Gasteiger partial charge in [-0.15, -0.1) is 0 Å². The zero-order chi connectivity index (χ0) is 20.1. The third kappa shape index (κ3) is 4.66. The van der Waals surface area contributed by atoms with Crippen LogP contribution in [0.25, 0.3) is 0 Å². The summed E-state index contributed by atoms with van der Waals surface area (Å²) in [6.07, 6.45) is -0.611. The lowest BCUT2D eigenvalue weighted by atomic mass is 10.0. The first-order valence-electron chi connectivity index (χ1n) is 8.70. The van der Waals surface area contributed by atoms with E-state index in [1.54, 1.807) is 32.2 Å². The molecular weight excluding hydrogens is 402 g/mol. The molecule has 1 aliphatic heterocycles. The molecule has 2 aromatic rings. The van der Waals surface area contributed by atoms with Crippen LogP contribution in [0, 0.1) is 0 Å². The summed E-state index contributed by atoms with van der Waals surface area (Å²) in [5, 5.41) is 3.39. The SMILES string of the molecule is CCOC(=O)[C@H]1NC(=S)O[C@@H]1c1ccc(OCc2ccc(OC)cc2)c(Cl)c1. The van der Waals surface area contributed by atoms with Crippen molar-refractivity contribution in [2.24, 2.45) is 0 Å². The van der Waals surface area contributed by atoms with E-state index in [1.807, 2.05) is 24.3 Å². The van der Waals surface area contributed by atoms with Gasteiger partial charge in [0.2, 0.25) is 0 Å². The van der Waals surface area contributed by atoms with Gasteiger partial charge in [0, 0.05) is 0 Å². The van der Waals surface area contributed by atoms with Crippen LogP contribution < -0.4 is 14.8 Å². The van der Waals surface area contributed by atoms with Gasteiger partial charge in [-0.05, 0) is 54.5 Å². The average Bonchev–Trinajstić information content (AvgIpc) is 3.09. The summed E-state index contributed by atoms with van der Waals surface area (Å²) in [7, 11) is 1.62. The van der Waals surface area contributed by atoms with E-state index in [4.69, 9.17) is 42.8 Å². The number of thiocarbonyl (C=S) groups is 1. The van der Waals surface area contributed by atoms with Gasteiger partial charge in [0.25, 0.3) is 5.17 Å².